The average molecular weight is 500 g/mol. The standard InChI is InChI=1S/C29H32F3NO3/c1-6-20(8-7-19(2)17-26(34)36-28(3,4)5)27-25-18-24(12-9-21(25)15-16-33-27)35-23-13-10-22(11-14-23)29(30,31)32/h8-16,18-19H,6-7,17H2,1-5H3/b20-8+. The lowest BCUT2D eigenvalue weighted by Gasteiger charge is -2.20. The van der Waals surface area contributed by atoms with E-state index in [1.807, 2.05) is 52.8 Å². The number of esters is 1. The number of fused-ring (bicyclic) bond motifs is 1. The van der Waals surface area contributed by atoms with Gasteiger partial charge in [0.15, 0.2) is 0 Å². The number of rotatable bonds is 8. The Balaban J connectivity index is 1.81. The van der Waals surface area contributed by atoms with Crippen molar-refractivity contribution in [2.24, 2.45) is 5.92 Å². The third kappa shape index (κ3) is 7.57. The van der Waals surface area contributed by atoms with Crippen LogP contribution in [0.4, 0.5) is 13.2 Å². The van der Waals surface area contributed by atoms with Crippen molar-refractivity contribution < 1.29 is 27.4 Å². The molecule has 0 saturated heterocycles. The Morgan fingerprint density at radius 2 is 1.69 bits per heavy atom. The minimum Gasteiger partial charge on any atom is -0.460 e. The summed E-state index contributed by atoms with van der Waals surface area (Å²) in [5, 5.41) is 1.86. The van der Waals surface area contributed by atoms with Gasteiger partial charge in [-0.25, -0.2) is 0 Å². The molecule has 7 heteroatoms. The molecular weight excluding hydrogens is 467 g/mol. The van der Waals surface area contributed by atoms with Gasteiger partial charge >= 0.3 is 12.1 Å². The summed E-state index contributed by atoms with van der Waals surface area (Å²) < 4.78 is 49.8. The van der Waals surface area contributed by atoms with Crippen molar-refractivity contribution in [3.63, 3.8) is 0 Å². The van der Waals surface area contributed by atoms with Crippen LogP contribution in [0.2, 0.25) is 0 Å². The molecule has 0 amide bonds. The summed E-state index contributed by atoms with van der Waals surface area (Å²) in [7, 11) is 0. The number of hydrogen-bond acceptors (Lipinski definition) is 4. The van der Waals surface area contributed by atoms with Crippen molar-refractivity contribution in [1.82, 2.24) is 4.98 Å². The first-order chi connectivity index (χ1) is 16.9. The number of alkyl halides is 3. The van der Waals surface area contributed by atoms with Crippen molar-refractivity contribution in [3.05, 3.63) is 72.1 Å². The monoisotopic (exact) mass is 499 g/mol. The molecule has 3 rings (SSSR count). The molecule has 0 saturated carbocycles. The Hall–Kier alpha value is -3.35. The second-order valence-electron chi connectivity index (χ2n) is 9.88. The van der Waals surface area contributed by atoms with Crippen LogP contribution in [0, 0.1) is 5.92 Å². The predicted molar refractivity (Wildman–Crippen MR) is 136 cm³/mol. The molecular formula is C29H32F3NO3. The molecule has 36 heavy (non-hydrogen) atoms. The zero-order valence-corrected chi connectivity index (χ0v) is 21.3. The van der Waals surface area contributed by atoms with Crippen LogP contribution in [0.15, 0.2) is 60.8 Å². The summed E-state index contributed by atoms with van der Waals surface area (Å²) in [6.07, 6.45) is 1.24. The quantitative estimate of drug-likeness (QED) is 0.291. The summed E-state index contributed by atoms with van der Waals surface area (Å²) in [6, 6.07) is 12.0. The van der Waals surface area contributed by atoms with E-state index in [1.54, 1.807) is 12.3 Å². The lowest BCUT2D eigenvalue weighted by atomic mass is 9.97. The highest BCUT2D eigenvalue weighted by Gasteiger charge is 2.30. The van der Waals surface area contributed by atoms with E-state index in [0.717, 1.165) is 40.6 Å². The van der Waals surface area contributed by atoms with Crippen LogP contribution in [0.1, 0.15) is 65.1 Å². The van der Waals surface area contributed by atoms with Crippen LogP contribution in [0.25, 0.3) is 16.3 Å². The normalized spacial score (nSPS) is 13.5. The zero-order valence-electron chi connectivity index (χ0n) is 21.3. The summed E-state index contributed by atoms with van der Waals surface area (Å²) in [5.74, 6) is 0.713. The molecule has 1 aromatic heterocycles. The Bertz CT molecular complexity index is 1230. The molecule has 0 fully saturated rings. The fraction of sp³-hybridized carbons (Fsp3) is 0.379. The van der Waals surface area contributed by atoms with Crippen LogP contribution in [0.3, 0.4) is 0 Å². The predicted octanol–water partition coefficient (Wildman–Crippen LogP) is 8.60. The number of ether oxygens (including phenoxy) is 2. The largest absolute Gasteiger partial charge is 0.460 e. The minimum atomic E-state index is -4.39. The molecule has 192 valence electrons. The molecule has 0 spiro atoms. The molecule has 0 N–H and O–H groups in total. The van der Waals surface area contributed by atoms with Gasteiger partial charge in [0.25, 0.3) is 0 Å². The van der Waals surface area contributed by atoms with Crippen LogP contribution >= 0.6 is 0 Å². The first-order valence-electron chi connectivity index (χ1n) is 12.0. The fourth-order valence-electron chi connectivity index (χ4n) is 3.82. The third-order valence-electron chi connectivity index (χ3n) is 5.54. The topological polar surface area (TPSA) is 48.4 Å². The second kappa shape index (κ2) is 11.1. The van der Waals surface area contributed by atoms with Gasteiger partial charge in [-0.1, -0.05) is 26.0 Å². The molecule has 1 heterocycles. The molecule has 2 aromatic carbocycles. The molecule has 1 unspecified atom stereocenters. The van der Waals surface area contributed by atoms with Gasteiger partial charge in [0.1, 0.15) is 17.1 Å². The zero-order chi connectivity index (χ0) is 26.5. The van der Waals surface area contributed by atoms with Gasteiger partial charge in [-0.3, -0.25) is 9.78 Å². The van der Waals surface area contributed by atoms with E-state index in [-0.39, 0.29) is 11.9 Å². The van der Waals surface area contributed by atoms with Gasteiger partial charge in [0.2, 0.25) is 0 Å². The van der Waals surface area contributed by atoms with E-state index in [2.05, 4.69) is 11.1 Å². The maximum absolute atomic E-state index is 12.8. The van der Waals surface area contributed by atoms with Crippen LogP contribution in [-0.4, -0.2) is 16.6 Å². The first kappa shape index (κ1) is 27.2. The van der Waals surface area contributed by atoms with Crippen molar-refractivity contribution in [2.75, 3.05) is 0 Å². The van der Waals surface area contributed by atoms with Gasteiger partial charge in [-0.2, -0.15) is 13.2 Å². The van der Waals surface area contributed by atoms with Gasteiger partial charge in [-0.15, -0.1) is 0 Å². The average Bonchev–Trinajstić information content (AvgIpc) is 2.78. The summed E-state index contributed by atoms with van der Waals surface area (Å²) in [4.78, 5) is 16.8. The lowest BCUT2D eigenvalue weighted by Crippen LogP contribution is -2.24. The van der Waals surface area contributed by atoms with Crippen molar-refractivity contribution in [3.8, 4) is 11.5 Å². The fourth-order valence-corrected chi connectivity index (χ4v) is 3.82. The number of aromatic nitrogens is 1. The second-order valence-corrected chi connectivity index (χ2v) is 9.88. The minimum absolute atomic E-state index is 0.106. The number of hydrogen-bond donors (Lipinski definition) is 0. The number of allylic oxidation sites excluding steroid dienone is 2. The highest BCUT2D eigenvalue weighted by atomic mass is 19.4. The highest BCUT2D eigenvalue weighted by Crippen LogP contribution is 2.33. The van der Waals surface area contributed by atoms with E-state index in [1.165, 1.54) is 12.1 Å². The molecule has 0 aliphatic carbocycles. The summed E-state index contributed by atoms with van der Waals surface area (Å²) >= 11 is 0. The third-order valence-corrected chi connectivity index (χ3v) is 5.54. The number of carbonyl (C=O) groups excluding carboxylic acids is 1. The van der Waals surface area contributed by atoms with Crippen LogP contribution in [-0.2, 0) is 15.7 Å². The number of benzene rings is 2. The smallest absolute Gasteiger partial charge is 0.416 e. The first-order valence-corrected chi connectivity index (χ1v) is 12.0. The Morgan fingerprint density at radius 3 is 2.31 bits per heavy atom. The van der Waals surface area contributed by atoms with Crippen molar-refractivity contribution in [2.45, 2.75) is 65.7 Å². The molecule has 1 atom stereocenters. The van der Waals surface area contributed by atoms with Crippen LogP contribution in [0.5, 0.6) is 11.5 Å². The Morgan fingerprint density at radius 1 is 1.03 bits per heavy atom. The molecule has 0 aliphatic rings. The van der Waals surface area contributed by atoms with Gasteiger partial charge in [-0.05, 0) is 93.0 Å². The number of halogens is 3. The van der Waals surface area contributed by atoms with Gasteiger partial charge < -0.3 is 9.47 Å². The van der Waals surface area contributed by atoms with E-state index in [4.69, 9.17) is 9.47 Å². The molecule has 0 bridgehead atoms. The van der Waals surface area contributed by atoms with Crippen LogP contribution < -0.4 is 4.74 Å². The van der Waals surface area contributed by atoms with E-state index < -0.39 is 17.3 Å². The molecule has 0 aliphatic heterocycles. The number of pyridine rings is 1. The molecule has 4 nitrogen and oxygen atoms in total. The van der Waals surface area contributed by atoms with Crippen molar-refractivity contribution in [1.29, 1.82) is 0 Å². The SMILES string of the molecule is CC/C(=C\CC(C)CC(=O)OC(C)(C)C)c1nccc2ccc(Oc3ccc(C(F)(F)F)cc3)cc12. The Kier molecular flexibility index (Phi) is 8.43. The molecule has 3 aromatic rings. The lowest BCUT2D eigenvalue weighted by molar-refractivity contribution is -0.155. The van der Waals surface area contributed by atoms with Gasteiger partial charge in [0.05, 0.1) is 11.3 Å². The molecule has 0 radical (unpaired) electrons. The Labute approximate surface area is 210 Å². The number of nitrogens with zero attached hydrogens (tertiary/aromatic N) is 1. The maximum atomic E-state index is 12.8. The van der Waals surface area contributed by atoms with E-state index >= 15 is 0 Å². The summed E-state index contributed by atoms with van der Waals surface area (Å²) in [6.45, 7) is 9.62. The number of carbonyl (C=O) groups is 1. The highest BCUT2D eigenvalue weighted by molar-refractivity contribution is 5.93. The van der Waals surface area contributed by atoms with E-state index in [0.29, 0.717) is 24.3 Å². The maximum Gasteiger partial charge on any atom is 0.416 e. The summed E-state index contributed by atoms with van der Waals surface area (Å²) in [5.41, 5.74) is 0.632. The van der Waals surface area contributed by atoms with E-state index in [9.17, 15) is 18.0 Å². The van der Waals surface area contributed by atoms with Crippen molar-refractivity contribution >= 4 is 22.3 Å². The van der Waals surface area contributed by atoms with Gasteiger partial charge in [0, 0.05) is 18.0 Å².